The number of esters is 2. The molecule has 0 unspecified atom stereocenters. The molecule has 57 heavy (non-hydrogen) atoms. The Balaban J connectivity index is 0.0000314. The van der Waals surface area contributed by atoms with E-state index >= 15 is 0 Å². The molecule has 1 aromatic carbocycles. The summed E-state index contributed by atoms with van der Waals surface area (Å²) in [6.07, 6.45) is 48.8. The van der Waals surface area contributed by atoms with Gasteiger partial charge in [-0.05, 0) is 50.0 Å². The van der Waals surface area contributed by atoms with E-state index < -0.39 is 32.5 Å². The third-order valence-corrected chi connectivity index (χ3v) is 11.6. The fraction of sp³-hybridized carbons (Fsp3) is 0.750. The second-order valence-electron chi connectivity index (χ2n) is 15.9. The molecule has 1 rings (SSSR count). The van der Waals surface area contributed by atoms with Crippen LogP contribution in [-0.4, -0.2) is 24.9 Å². The van der Waals surface area contributed by atoms with Crippen LogP contribution in [0.1, 0.15) is 253 Å². The van der Waals surface area contributed by atoms with E-state index in [4.69, 9.17) is 9.47 Å². The maximum absolute atomic E-state index is 13.0. The van der Waals surface area contributed by atoms with Crippen molar-refractivity contribution in [2.75, 3.05) is 0 Å². The number of hydrogen-bond donors (Lipinski definition) is 0. The average Bonchev–Trinajstić information content (AvgIpc) is 3.18. The predicted octanol–water partition coefficient (Wildman–Crippen LogP) is 12.2. The van der Waals surface area contributed by atoms with Gasteiger partial charge in [-0.2, -0.15) is 0 Å². The minimum Gasteiger partial charge on any atom is -0.744 e. The molecule has 0 saturated carbocycles. The topological polar surface area (TPSA) is 110 Å². The Kier molecular flexibility index (Phi) is 39.0. The van der Waals surface area contributed by atoms with Crippen LogP contribution in [0.4, 0.5) is 0 Å². The molecule has 0 saturated heterocycles. The zero-order valence-electron chi connectivity index (χ0n) is 36.8. The zero-order chi connectivity index (χ0) is 40.8. The smallest absolute Gasteiger partial charge is 0.744 e. The van der Waals surface area contributed by atoms with Crippen LogP contribution in [0.25, 0.3) is 0 Å². The van der Waals surface area contributed by atoms with E-state index in [-0.39, 0.29) is 35.1 Å². The summed E-state index contributed by atoms with van der Waals surface area (Å²) in [5.41, 5.74) is -0.934. The molecule has 1 aromatic rings. The number of unbranched alkanes of at least 4 members (excludes halogenated alkanes) is 32. The van der Waals surface area contributed by atoms with E-state index in [0.29, 0.717) is 6.42 Å². The Hall–Kier alpha value is -1.45. The molecule has 0 bridgehead atoms. The molecule has 0 N–H and O–H groups in total. The van der Waals surface area contributed by atoms with E-state index in [1.54, 1.807) is 12.2 Å². The SMILES string of the molecule is CCCCCCCCCCCCCCCCCC/C=C/OC(=O)c1cccc(S(=O)(=O)[O-])c1C(=O)O/C=C/CCCCCCCCCCCCCCCCCC.[Na+]. The average molecular weight is 825 g/mol. The van der Waals surface area contributed by atoms with Crippen LogP contribution in [0.15, 0.2) is 47.8 Å². The first kappa shape index (κ1) is 55.5. The van der Waals surface area contributed by atoms with Crippen LogP contribution in [0, 0.1) is 0 Å². The quantitative estimate of drug-likeness (QED) is 0.0214. The molecule has 7 nitrogen and oxygen atoms in total. The molecule has 0 atom stereocenters. The maximum Gasteiger partial charge on any atom is 1.00 e. The number of ether oxygens (including phenoxy) is 2. The van der Waals surface area contributed by atoms with E-state index in [0.717, 1.165) is 38.2 Å². The number of hydrogen-bond acceptors (Lipinski definition) is 7. The number of allylic oxidation sites excluding steroid dienone is 2. The Morgan fingerprint density at radius 3 is 1.11 bits per heavy atom. The van der Waals surface area contributed by atoms with Crippen LogP contribution in [0.5, 0.6) is 0 Å². The van der Waals surface area contributed by atoms with E-state index in [9.17, 15) is 22.6 Å². The molecule has 0 fully saturated rings. The molecule has 0 heterocycles. The fourth-order valence-corrected chi connectivity index (χ4v) is 7.91. The Labute approximate surface area is 372 Å². The molecule has 0 aromatic heterocycles. The number of rotatable bonds is 39. The van der Waals surface area contributed by atoms with Gasteiger partial charge in [0.15, 0.2) is 0 Å². The van der Waals surface area contributed by atoms with E-state index in [2.05, 4.69) is 13.8 Å². The van der Waals surface area contributed by atoms with Gasteiger partial charge in [0.1, 0.15) is 10.1 Å². The molecular weight excluding hydrogens is 744 g/mol. The summed E-state index contributed by atoms with van der Waals surface area (Å²) in [6.45, 7) is 4.53. The van der Waals surface area contributed by atoms with Gasteiger partial charge in [-0.25, -0.2) is 18.0 Å². The van der Waals surface area contributed by atoms with Gasteiger partial charge in [-0.3, -0.25) is 0 Å². The largest absolute Gasteiger partial charge is 1.00 e. The summed E-state index contributed by atoms with van der Waals surface area (Å²) >= 11 is 0. The van der Waals surface area contributed by atoms with Crippen LogP contribution in [0.2, 0.25) is 0 Å². The van der Waals surface area contributed by atoms with Crippen LogP contribution >= 0.6 is 0 Å². The Morgan fingerprint density at radius 1 is 0.491 bits per heavy atom. The van der Waals surface area contributed by atoms with Gasteiger partial charge in [0.05, 0.1) is 28.5 Å². The minimum atomic E-state index is -5.05. The van der Waals surface area contributed by atoms with Gasteiger partial charge in [-0.15, -0.1) is 0 Å². The van der Waals surface area contributed by atoms with Crippen molar-refractivity contribution in [1.29, 1.82) is 0 Å². The third-order valence-electron chi connectivity index (χ3n) is 10.7. The molecule has 0 aliphatic heterocycles. The van der Waals surface area contributed by atoms with Gasteiger partial charge < -0.3 is 14.0 Å². The van der Waals surface area contributed by atoms with Crippen molar-refractivity contribution in [3.05, 3.63) is 54.0 Å². The second kappa shape index (κ2) is 40.0. The summed E-state index contributed by atoms with van der Waals surface area (Å²) in [7, 11) is -5.05. The number of carbonyl (C=O) groups excluding carboxylic acids is 2. The summed E-state index contributed by atoms with van der Waals surface area (Å²) in [4.78, 5) is 25.0. The molecule has 0 aliphatic carbocycles. The minimum absolute atomic E-state index is 0. The second-order valence-corrected chi connectivity index (χ2v) is 17.2. The van der Waals surface area contributed by atoms with Crippen molar-refractivity contribution in [1.82, 2.24) is 0 Å². The van der Waals surface area contributed by atoms with Gasteiger partial charge in [0, 0.05) is 0 Å². The Bertz CT molecular complexity index is 1280. The van der Waals surface area contributed by atoms with Crippen molar-refractivity contribution >= 4 is 22.1 Å². The standard InChI is InChI=1S/C48H82O7S.Na/c1-3-5-7-9-11-13-15-17-19-21-23-25-27-29-31-33-35-37-42-54-47(49)44-40-39-41-45(56(51,52)53)46(44)48(50)55-43-38-36-34-32-30-28-26-24-22-20-18-16-14-12-10-8-6-4-2;/h37-43H,3-36H2,1-2H3,(H,51,52,53);/q;+1/p-1/b42-37+,43-38+;. The fourth-order valence-electron chi connectivity index (χ4n) is 7.22. The third kappa shape index (κ3) is 32.1. The Morgan fingerprint density at radius 2 is 0.789 bits per heavy atom. The van der Waals surface area contributed by atoms with Gasteiger partial charge >= 0.3 is 41.5 Å². The van der Waals surface area contributed by atoms with Crippen molar-refractivity contribution in [3.8, 4) is 0 Å². The number of carbonyl (C=O) groups is 2. The van der Waals surface area contributed by atoms with Crippen LogP contribution < -0.4 is 29.6 Å². The molecule has 0 radical (unpaired) electrons. The first-order chi connectivity index (χ1) is 27.3. The summed E-state index contributed by atoms with van der Waals surface area (Å²) in [5.74, 6) is -2.02. The first-order valence-corrected chi connectivity index (χ1v) is 24.5. The molecule has 0 aliphatic rings. The summed E-state index contributed by atoms with van der Waals surface area (Å²) < 4.78 is 46.3. The summed E-state index contributed by atoms with van der Waals surface area (Å²) in [5, 5.41) is 0. The normalized spacial score (nSPS) is 11.7. The predicted molar refractivity (Wildman–Crippen MR) is 232 cm³/mol. The van der Waals surface area contributed by atoms with Crippen molar-refractivity contribution in [2.45, 2.75) is 237 Å². The van der Waals surface area contributed by atoms with Crippen molar-refractivity contribution in [2.24, 2.45) is 0 Å². The van der Waals surface area contributed by atoms with E-state index in [1.807, 2.05) is 0 Å². The van der Waals surface area contributed by atoms with Gasteiger partial charge in [0.25, 0.3) is 0 Å². The maximum atomic E-state index is 13.0. The zero-order valence-corrected chi connectivity index (χ0v) is 39.7. The molecular formula is C48H81NaO7S. The molecule has 0 spiro atoms. The van der Waals surface area contributed by atoms with Crippen LogP contribution in [0.3, 0.4) is 0 Å². The molecule has 322 valence electrons. The molecule has 9 heteroatoms. The summed E-state index contributed by atoms with van der Waals surface area (Å²) in [6, 6.07) is 3.51. The van der Waals surface area contributed by atoms with Crippen molar-refractivity contribution < 1.29 is 61.6 Å². The monoisotopic (exact) mass is 825 g/mol. The van der Waals surface area contributed by atoms with Gasteiger partial charge in [0.2, 0.25) is 0 Å². The van der Waals surface area contributed by atoms with E-state index in [1.165, 1.54) is 204 Å². The van der Waals surface area contributed by atoms with Gasteiger partial charge in [-0.1, -0.05) is 213 Å². The van der Waals surface area contributed by atoms with Crippen molar-refractivity contribution in [3.63, 3.8) is 0 Å². The van der Waals surface area contributed by atoms with Crippen LogP contribution in [-0.2, 0) is 19.6 Å². The molecule has 0 amide bonds. The number of benzene rings is 1. The first-order valence-electron chi connectivity index (χ1n) is 23.1.